The number of nitrogens with two attached hydrogens (primary N) is 1. The number of nitrogens with zero attached hydrogens (tertiary/aromatic N) is 2. The van der Waals surface area contributed by atoms with Crippen LogP contribution in [-0.4, -0.2) is 14.8 Å². The first-order chi connectivity index (χ1) is 9.42. The van der Waals surface area contributed by atoms with Crippen molar-refractivity contribution in [2.45, 2.75) is 33.2 Å². The van der Waals surface area contributed by atoms with E-state index in [1.54, 1.807) is 6.20 Å². The van der Waals surface area contributed by atoms with Crippen molar-refractivity contribution in [1.82, 2.24) is 9.78 Å². The minimum absolute atomic E-state index is 0.0452. The van der Waals surface area contributed by atoms with Crippen LogP contribution in [0, 0.1) is 5.41 Å². The van der Waals surface area contributed by atoms with Crippen LogP contribution in [0.5, 0.6) is 0 Å². The van der Waals surface area contributed by atoms with Gasteiger partial charge in [-0.3, -0.25) is 4.79 Å². The molecule has 0 aliphatic carbocycles. The normalized spacial score (nSPS) is 11.7. The van der Waals surface area contributed by atoms with E-state index >= 15 is 0 Å². The smallest absolute Gasteiger partial charge is 0.274 e. The topological polar surface area (TPSA) is 60.9 Å². The largest absolute Gasteiger partial charge is 0.393 e. The summed E-state index contributed by atoms with van der Waals surface area (Å²) >= 11 is 5.04. The second kappa shape index (κ2) is 5.71. The molecule has 2 rings (SSSR count). The lowest BCUT2D eigenvalue weighted by Gasteiger charge is -2.22. The van der Waals surface area contributed by atoms with E-state index in [-0.39, 0.29) is 11.0 Å². The predicted molar refractivity (Wildman–Crippen MR) is 85.8 cm³/mol. The molecular weight excluding hydrogens is 270 g/mol. The van der Waals surface area contributed by atoms with Gasteiger partial charge in [-0.15, -0.1) is 0 Å². The average molecular weight is 289 g/mol. The Kier molecular flexibility index (Phi) is 4.18. The van der Waals surface area contributed by atoms with Gasteiger partial charge < -0.3 is 5.73 Å². The van der Waals surface area contributed by atoms with Crippen LogP contribution >= 0.6 is 12.2 Å². The maximum absolute atomic E-state index is 12.3. The molecule has 0 spiro atoms. The highest BCUT2D eigenvalue weighted by atomic mass is 32.1. The Labute approximate surface area is 123 Å². The Balaban J connectivity index is 2.13. The van der Waals surface area contributed by atoms with Crippen molar-refractivity contribution < 1.29 is 0 Å². The van der Waals surface area contributed by atoms with Gasteiger partial charge in [0, 0.05) is 17.3 Å². The van der Waals surface area contributed by atoms with Crippen LogP contribution in [0.4, 0.5) is 0 Å². The number of benzene rings is 1. The minimum Gasteiger partial charge on any atom is -0.393 e. The zero-order chi connectivity index (χ0) is 14.8. The third-order valence-electron chi connectivity index (χ3n) is 3.60. The van der Waals surface area contributed by atoms with Crippen molar-refractivity contribution in [3.63, 3.8) is 0 Å². The SMILES string of the molecule is CC(C)(CCCn1ncc2ccccc2c1=O)C(N)=S. The fourth-order valence-electron chi connectivity index (χ4n) is 2.08. The van der Waals surface area contributed by atoms with E-state index in [9.17, 15) is 4.79 Å². The molecule has 5 heteroatoms. The molecule has 0 amide bonds. The molecule has 4 nitrogen and oxygen atoms in total. The molecule has 1 aromatic heterocycles. The molecular formula is C15H19N3OS. The van der Waals surface area contributed by atoms with Gasteiger partial charge in [0.05, 0.1) is 16.6 Å². The summed E-state index contributed by atoms with van der Waals surface area (Å²) in [5.41, 5.74) is 5.47. The molecule has 0 saturated carbocycles. The number of rotatable bonds is 5. The fourth-order valence-corrected chi connectivity index (χ4v) is 2.18. The molecule has 2 N–H and O–H groups in total. The minimum atomic E-state index is -0.185. The monoisotopic (exact) mass is 289 g/mol. The van der Waals surface area contributed by atoms with E-state index in [2.05, 4.69) is 5.10 Å². The van der Waals surface area contributed by atoms with Gasteiger partial charge in [-0.2, -0.15) is 5.10 Å². The van der Waals surface area contributed by atoms with Crippen LogP contribution in [0.1, 0.15) is 26.7 Å². The predicted octanol–water partition coefficient (Wildman–Crippen LogP) is 2.49. The van der Waals surface area contributed by atoms with Gasteiger partial charge in [0.2, 0.25) is 0 Å². The summed E-state index contributed by atoms with van der Waals surface area (Å²) < 4.78 is 1.51. The molecule has 0 aliphatic heterocycles. The van der Waals surface area contributed by atoms with Gasteiger partial charge in [-0.1, -0.05) is 44.3 Å². The summed E-state index contributed by atoms with van der Waals surface area (Å²) in [7, 11) is 0. The van der Waals surface area contributed by atoms with Crippen molar-refractivity contribution in [1.29, 1.82) is 0 Å². The summed E-state index contributed by atoms with van der Waals surface area (Å²) in [4.78, 5) is 12.8. The first-order valence-electron chi connectivity index (χ1n) is 6.66. The van der Waals surface area contributed by atoms with E-state index in [4.69, 9.17) is 18.0 Å². The fraction of sp³-hybridized carbons (Fsp3) is 0.400. The van der Waals surface area contributed by atoms with Gasteiger partial charge in [0.15, 0.2) is 0 Å². The Hall–Kier alpha value is -1.75. The first-order valence-corrected chi connectivity index (χ1v) is 7.07. The number of fused-ring (bicyclic) bond motifs is 1. The number of thiocarbonyl (C=S) groups is 1. The van der Waals surface area contributed by atoms with E-state index < -0.39 is 0 Å². The molecule has 20 heavy (non-hydrogen) atoms. The second-order valence-corrected chi connectivity index (χ2v) is 6.05. The van der Waals surface area contributed by atoms with E-state index in [0.29, 0.717) is 16.9 Å². The summed E-state index contributed by atoms with van der Waals surface area (Å²) in [6, 6.07) is 7.49. The first kappa shape index (κ1) is 14.7. The molecule has 0 radical (unpaired) electrons. The van der Waals surface area contributed by atoms with Crippen LogP contribution in [0.15, 0.2) is 35.3 Å². The molecule has 2 aromatic rings. The van der Waals surface area contributed by atoms with E-state index in [0.717, 1.165) is 18.2 Å². The van der Waals surface area contributed by atoms with Gasteiger partial charge in [0.25, 0.3) is 5.56 Å². The molecule has 1 heterocycles. The highest BCUT2D eigenvalue weighted by Crippen LogP contribution is 2.22. The summed E-state index contributed by atoms with van der Waals surface area (Å²) in [6.07, 6.45) is 3.38. The van der Waals surface area contributed by atoms with Crippen LogP contribution in [-0.2, 0) is 6.54 Å². The molecule has 0 bridgehead atoms. The highest BCUT2D eigenvalue weighted by Gasteiger charge is 2.20. The Morgan fingerprint density at radius 3 is 2.80 bits per heavy atom. The van der Waals surface area contributed by atoms with Crippen molar-refractivity contribution in [2.75, 3.05) is 0 Å². The molecule has 0 aliphatic rings. The standard InChI is InChI=1S/C15H19N3OS/c1-15(2,14(16)20)8-5-9-18-13(19)12-7-4-3-6-11(12)10-17-18/h3-4,6-7,10H,5,8-9H2,1-2H3,(H2,16,20). The van der Waals surface area contributed by atoms with Crippen molar-refractivity contribution in [3.8, 4) is 0 Å². The molecule has 0 saturated heterocycles. The Morgan fingerprint density at radius 1 is 1.40 bits per heavy atom. The van der Waals surface area contributed by atoms with Gasteiger partial charge in [-0.05, 0) is 18.9 Å². The van der Waals surface area contributed by atoms with Crippen LogP contribution < -0.4 is 11.3 Å². The maximum Gasteiger partial charge on any atom is 0.274 e. The molecule has 0 atom stereocenters. The third-order valence-corrected chi connectivity index (χ3v) is 4.15. The van der Waals surface area contributed by atoms with Crippen LogP contribution in [0.3, 0.4) is 0 Å². The lowest BCUT2D eigenvalue weighted by Crippen LogP contribution is -2.30. The quantitative estimate of drug-likeness (QED) is 0.859. The zero-order valence-electron chi connectivity index (χ0n) is 11.8. The Morgan fingerprint density at radius 2 is 2.10 bits per heavy atom. The number of hydrogen-bond acceptors (Lipinski definition) is 3. The molecule has 0 fully saturated rings. The van der Waals surface area contributed by atoms with Gasteiger partial charge in [-0.25, -0.2) is 4.68 Å². The van der Waals surface area contributed by atoms with Gasteiger partial charge in [0.1, 0.15) is 0 Å². The summed E-state index contributed by atoms with van der Waals surface area (Å²) in [6.45, 7) is 4.62. The zero-order valence-corrected chi connectivity index (χ0v) is 12.6. The van der Waals surface area contributed by atoms with Crippen LogP contribution in [0.2, 0.25) is 0 Å². The Bertz CT molecular complexity index is 691. The highest BCUT2D eigenvalue weighted by molar-refractivity contribution is 7.80. The summed E-state index contributed by atoms with van der Waals surface area (Å²) in [5, 5.41) is 5.79. The van der Waals surface area contributed by atoms with Crippen molar-refractivity contribution in [3.05, 3.63) is 40.8 Å². The average Bonchev–Trinajstić information content (AvgIpc) is 2.41. The lowest BCUT2D eigenvalue weighted by molar-refractivity contribution is 0.421. The van der Waals surface area contributed by atoms with Gasteiger partial charge >= 0.3 is 0 Å². The molecule has 0 unspecified atom stereocenters. The van der Waals surface area contributed by atoms with Crippen molar-refractivity contribution in [2.24, 2.45) is 11.1 Å². The third kappa shape index (κ3) is 3.04. The molecule has 106 valence electrons. The maximum atomic E-state index is 12.3. The number of hydrogen-bond donors (Lipinski definition) is 1. The molecule has 1 aromatic carbocycles. The number of aryl methyl sites for hydroxylation is 1. The van der Waals surface area contributed by atoms with Crippen molar-refractivity contribution >= 4 is 28.0 Å². The second-order valence-electron chi connectivity index (χ2n) is 5.61. The lowest BCUT2D eigenvalue weighted by atomic mass is 9.88. The van der Waals surface area contributed by atoms with E-state index in [1.165, 1.54) is 4.68 Å². The van der Waals surface area contributed by atoms with Crippen LogP contribution in [0.25, 0.3) is 10.8 Å². The summed E-state index contributed by atoms with van der Waals surface area (Å²) in [5.74, 6) is 0. The number of aromatic nitrogens is 2. The van der Waals surface area contributed by atoms with E-state index in [1.807, 2.05) is 38.1 Å².